The van der Waals surface area contributed by atoms with Gasteiger partial charge in [0.15, 0.2) is 0 Å². The third-order valence-electron chi connectivity index (χ3n) is 3.01. The maximum atomic E-state index is 3.99. The Morgan fingerprint density at radius 3 is 2.67 bits per heavy atom. The topological polar surface area (TPSA) is 28.7 Å². The van der Waals surface area contributed by atoms with Gasteiger partial charge in [-0.2, -0.15) is 5.10 Å². The van der Waals surface area contributed by atoms with E-state index in [9.17, 15) is 0 Å². The fourth-order valence-electron chi connectivity index (χ4n) is 2.08. The Morgan fingerprint density at radius 1 is 1.33 bits per heavy atom. The molecule has 1 aromatic rings. The van der Waals surface area contributed by atoms with Crippen molar-refractivity contribution in [1.82, 2.24) is 10.2 Å². The number of nitrogens with one attached hydrogen (secondary N) is 1. The number of nitrogens with zero attached hydrogens (tertiary/aromatic N) is 1. The fourth-order valence-corrected chi connectivity index (χ4v) is 2.08. The van der Waals surface area contributed by atoms with Crippen molar-refractivity contribution < 1.29 is 0 Å². The molecule has 1 aliphatic rings. The predicted molar refractivity (Wildman–Crippen MR) is 49.0 cm³/mol. The van der Waals surface area contributed by atoms with Crippen LogP contribution < -0.4 is 0 Å². The van der Waals surface area contributed by atoms with Gasteiger partial charge in [0, 0.05) is 6.20 Å². The van der Waals surface area contributed by atoms with Gasteiger partial charge in [0.1, 0.15) is 0 Å². The highest BCUT2D eigenvalue weighted by atomic mass is 15.1. The molecule has 1 N–H and O–H groups in total. The highest BCUT2D eigenvalue weighted by molar-refractivity contribution is 5.10. The molecule has 1 aromatic heterocycles. The summed E-state index contributed by atoms with van der Waals surface area (Å²) in [5.41, 5.74) is 1.40. The summed E-state index contributed by atoms with van der Waals surface area (Å²) >= 11 is 0. The molecular weight excluding hydrogens is 148 g/mol. The van der Waals surface area contributed by atoms with Crippen LogP contribution in [0, 0.1) is 5.92 Å². The molecule has 0 atom stereocenters. The molecule has 2 rings (SSSR count). The summed E-state index contributed by atoms with van der Waals surface area (Å²) < 4.78 is 0. The van der Waals surface area contributed by atoms with Crippen LogP contribution in [0.4, 0.5) is 0 Å². The van der Waals surface area contributed by atoms with Crippen molar-refractivity contribution in [2.45, 2.75) is 38.5 Å². The first-order valence-corrected chi connectivity index (χ1v) is 4.85. The lowest BCUT2D eigenvalue weighted by Gasteiger charge is -2.24. The van der Waals surface area contributed by atoms with Crippen molar-refractivity contribution in [3.63, 3.8) is 0 Å². The van der Waals surface area contributed by atoms with Crippen LogP contribution in [0.2, 0.25) is 0 Å². The Balaban J connectivity index is 1.99. The van der Waals surface area contributed by atoms with E-state index in [0.717, 1.165) is 11.8 Å². The molecule has 1 fully saturated rings. The van der Waals surface area contributed by atoms with Gasteiger partial charge in [-0.3, -0.25) is 5.10 Å². The minimum Gasteiger partial charge on any atom is -0.285 e. The Bertz CT molecular complexity index is 220. The SMILES string of the molecule is CC1CCC(c2cn[nH]c2)CC1. The molecule has 0 unspecified atom stereocenters. The van der Waals surface area contributed by atoms with Crippen LogP contribution >= 0.6 is 0 Å². The molecule has 12 heavy (non-hydrogen) atoms. The molecule has 0 spiro atoms. The number of aromatic amines is 1. The Morgan fingerprint density at radius 2 is 2.08 bits per heavy atom. The average molecular weight is 164 g/mol. The van der Waals surface area contributed by atoms with Gasteiger partial charge in [-0.1, -0.05) is 19.8 Å². The smallest absolute Gasteiger partial charge is 0.0522 e. The normalized spacial score (nSPS) is 30.4. The van der Waals surface area contributed by atoms with Crippen molar-refractivity contribution in [2.75, 3.05) is 0 Å². The molecule has 2 nitrogen and oxygen atoms in total. The fraction of sp³-hybridized carbons (Fsp3) is 0.700. The molecule has 1 aliphatic carbocycles. The van der Waals surface area contributed by atoms with Crippen molar-refractivity contribution in [3.8, 4) is 0 Å². The number of H-pyrrole nitrogens is 1. The molecule has 1 heterocycles. The van der Waals surface area contributed by atoms with Crippen molar-refractivity contribution in [2.24, 2.45) is 5.92 Å². The van der Waals surface area contributed by atoms with Crippen LogP contribution in [0.3, 0.4) is 0 Å². The molecule has 2 heteroatoms. The standard InChI is InChI=1S/C10H16N2/c1-8-2-4-9(5-3-8)10-6-11-12-7-10/h6-9H,2-5H2,1H3,(H,11,12). The highest BCUT2D eigenvalue weighted by Gasteiger charge is 2.19. The first kappa shape index (κ1) is 7.84. The van der Waals surface area contributed by atoms with E-state index in [4.69, 9.17) is 0 Å². The van der Waals surface area contributed by atoms with Crippen LogP contribution in [0.15, 0.2) is 12.4 Å². The average Bonchev–Trinajstić information content (AvgIpc) is 2.58. The molecule has 0 radical (unpaired) electrons. The van der Waals surface area contributed by atoms with Gasteiger partial charge >= 0.3 is 0 Å². The molecule has 0 aliphatic heterocycles. The summed E-state index contributed by atoms with van der Waals surface area (Å²) in [6, 6.07) is 0. The lowest BCUT2D eigenvalue weighted by Crippen LogP contribution is -2.10. The monoisotopic (exact) mass is 164 g/mol. The number of hydrogen-bond donors (Lipinski definition) is 1. The zero-order chi connectivity index (χ0) is 8.39. The predicted octanol–water partition coefficient (Wildman–Crippen LogP) is 2.70. The number of aromatic nitrogens is 2. The molecule has 66 valence electrons. The molecule has 1 saturated carbocycles. The summed E-state index contributed by atoms with van der Waals surface area (Å²) in [5.74, 6) is 1.72. The third kappa shape index (κ3) is 1.52. The highest BCUT2D eigenvalue weighted by Crippen LogP contribution is 2.34. The van der Waals surface area contributed by atoms with Crippen LogP contribution in [0.1, 0.15) is 44.1 Å². The van der Waals surface area contributed by atoms with Crippen LogP contribution in [0.5, 0.6) is 0 Å². The zero-order valence-corrected chi connectivity index (χ0v) is 7.59. The van der Waals surface area contributed by atoms with Crippen molar-refractivity contribution in [1.29, 1.82) is 0 Å². The Hall–Kier alpha value is -0.790. The maximum absolute atomic E-state index is 3.99. The minimum absolute atomic E-state index is 0.778. The van der Waals surface area contributed by atoms with E-state index in [0.29, 0.717) is 0 Å². The lowest BCUT2D eigenvalue weighted by atomic mass is 9.80. The third-order valence-corrected chi connectivity index (χ3v) is 3.01. The molecule has 0 aromatic carbocycles. The van der Waals surface area contributed by atoms with E-state index in [1.807, 2.05) is 12.4 Å². The van der Waals surface area contributed by atoms with E-state index in [-0.39, 0.29) is 0 Å². The summed E-state index contributed by atoms with van der Waals surface area (Å²) in [5, 5.41) is 6.88. The van der Waals surface area contributed by atoms with Crippen LogP contribution in [-0.4, -0.2) is 10.2 Å². The first-order valence-electron chi connectivity index (χ1n) is 4.85. The molecular formula is C10H16N2. The van der Waals surface area contributed by atoms with Crippen molar-refractivity contribution >= 4 is 0 Å². The van der Waals surface area contributed by atoms with Gasteiger partial charge in [0.25, 0.3) is 0 Å². The molecule has 0 bridgehead atoms. The van der Waals surface area contributed by atoms with Gasteiger partial charge < -0.3 is 0 Å². The second-order valence-electron chi connectivity index (χ2n) is 3.99. The van der Waals surface area contributed by atoms with E-state index in [2.05, 4.69) is 17.1 Å². The quantitative estimate of drug-likeness (QED) is 0.679. The maximum Gasteiger partial charge on any atom is 0.0522 e. The largest absolute Gasteiger partial charge is 0.285 e. The van der Waals surface area contributed by atoms with Gasteiger partial charge in [-0.25, -0.2) is 0 Å². The second-order valence-corrected chi connectivity index (χ2v) is 3.99. The summed E-state index contributed by atoms with van der Waals surface area (Å²) in [4.78, 5) is 0. The van der Waals surface area contributed by atoms with Crippen molar-refractivity contribution in [3.05, 3.63) is 18.0 Å². The Kier molecular flexibility index (Phi) is 2.15. The lowest BCUT2D eigenvalue weighted by molar-refractivity contribution is 0.348. The van der Waals surface area contributed by atoms with E-state index in [1.165, 1.54) is 31.2 Å². The van der Waals surface area contributed by atoms with Gasteiger partial charge in [-0.05, 0) is 30.2 Å². The summed E-state index contributed by atoms with van der Waals surface area (Å²) in [6.07, 6.45) is 9.48. The number of rotatable bonds is 1. The summed E-state index contributed by atoms with van der Waals surface area (Å²) in [6.45, 7) is 2.35. The number of hydrogen-bond acceptors (Lipinski definition) is 1. The van der Waals surface area contributed by atoms with E-state index >= 15 is 0 Å². The van der Waals surface area contributed by atoms with Crippen LogP contribution in [0.25, 0.3) is 0 Å². The Labute approximate surface area is 73.4 Å². The van der Waals surface area contributed by atoms with Gasteiger partial charge in [-0.15, -0.1) is 0 Å². The van der Waals surface area contributed by atoms with Gasteiger partial charge in [0.05, 0.1) is 6.20 Å². The summed E-state index contributed by atoms with van der Waals surface area (Å²) in [7, 11) is 0. The van der Waals surface area contributed by atoms with Gasteiger partial charge in [0.2, 0.25) is 0 Å². The zero-order valence-electron chi connectivity index (χ0n) is 7.59. The van der Waals surface area contributed by atoms with E-state index < -0.39 is 0 Å². The van der Waals surface area contributed by atoms with Crippen LogP contribution in [-0.2, 0) is 0 Å². The van der Waals surface area contributed by atoms with E-state index in [1.54, 1.807) is 0 Å². The minimum atomic E-state index is 0.778. The molecule has 0 amide bonds. The first-order chi connectivity index (χ1) is 5.86. The molecule has 0 saturated heterocycles. The second kappa shape index (κ2) is 3.30.